The van der Waals surface area contributed by atoms with Gasteiger partial charge in [-0.2, -0.15) is 0 Å². The van der Waals surface area contributed by atoms with Crippen LogP contribution in [0.1, 0.15) is 57.8 Å². The molecule has 0 aromatic carbocycles. The van der Waals surface area contributed by atoms with Crippen molar-refractivity contribution in [1.82, 2.24) is 5.32 Å². The van der Waals surface area contributed by atoms with Crippen molar-refractivity contribution in [1.29, 1.82) is 0 Å². The zero-order valence-corrected chi connectivity index (χ0v) is 9.75. The number of rotatable bonds is 5. The quantitative estimate of drug-likeness (QED) is 0.732. The fourth-order valence-corrected chi connectivity index (χ4v) is 3.01. The maximum absolute atomic E-state index is 9.13. The van der Waals surface area contributed by atoms with Gasteiger partial charge in [0.25, 0.3) is 0 Å². The van der Waals surface area contributed by atoms with Gasteiger partial charge in [-0.1, -0.05) is 25.7 Å². The van der Waals surface area contributed by atoms with Crippen molar-refractivity contribution in [2.45, 2.75) is 69.9 Å². The number of hydrogen-bond acceptors (Lipinski definition) is 2. The highest BCUT2D eigenvalue weighted by Crippen LogP contribution is 2.29. The lowest BCUT2D eigenvalue weighted by Crippen LogP contribution is -2.46. The summed E-state index contributed by atoms with van der Waals surface area (Å²) >= 11 is 0. The summed E-state index contributed by atoms with van der Waals surface area (Å²) in [6, 6.07) is 1.36. The molecule has 0 bridgehead atoms. The molecule has 2 fully saturated rings. The lowest BCUT2D eigenvalue weighted by molar-refractivity contribution is 0.177. The fraction of sp³-hybridized carbons (Fsp3) is 1.00. The molecule has 0 aliphatic heterocycles. The summed E-state index contributed by atoms with van der Waals surface area (Å²) < 4.78 is 0. The van der Waals surface area contributed by atoms with Gasteiger partial charge in [-0.3, -0.25) is 0 Å². The molecule has 2 aliphatic rings. The van der Waals surface area contributed by atoms with Crippen LogP contribution in [0.25, 0.3) is 0 Å². The van der Waals surface area contributed by atoms with Crippen molar-refractivity contribution in [3.63, 3.8) is 0 Å². The van der Waals surface area contributed by atoms with Crippen LogP contribution in [0.5, 0.6) is 0 Å². The summed E-state index contributed by atoms with van der Waals surface area (Å²) in [6.07, 6.45) is 12.1. The largest absolute Gasteiger partial charge is 0.396 e. The topological polar surface area (TPSA) is 32.3 Å². The van der Waals surface area contributed by atoms with Crippen LogP contribution in [0.15, 0.2) is 0 Å². The fourth-order valence-electron chi connectivity index (χ4n) is 3.01. The van der Waals surface area contributed by atoms with Gasteiger partial charge >= 0.3 is 0 Å². The van der Waals surface area contributed by atoms with Gasteiger partial charge in [0.2, 0.25) is 0 Å². The highest BCUT2D eigenvalue weighted by Gasteiger charge is 2.27. The molecule has 2 nitrogen and oxygen atoms in total. The summed E-state index contributed by atoms with van der Waals surface area (Å²) in [5.74, 6) is 0.839. The zero-order valence-electron chi connectivity index (χ0n) is 9.75. The summed E-state index contributed by atoms with van der Waals surface area (Å²) in [6.45, 7) is 0.348. The van der Waals surface area contributed by atoms with Crippen LogP contribution in [0.3, 0.4) is 0 Å². The van der Waals surface area contributed by atoms with Crippen molar-refractivity contribution in [3.05, 3.63) is 0 Å². The molecule has 2 saturated carbocycles. The van der Waals surface area contributed by atoms with E-state index in [0.717, 1.165) is 18.4 Å². The molecule has 0 aromatic heterocycles. The summed E-state index contributed by atoms with van der Waals surface area (Å²) in [5, 5.41) is 12.9. The smallest absolute Gasteiger partial charge is 0.0445 e. The minimum Gasteiger partial charge on any atom is -0.396 e. The van der Waals surface area contributed by atoms with E-state index < -0.39 is 0 Å². The molecule has 1 atom stereocenters. The molecule has 1 unspecified atom stereocenters. The average Bonchev–Trinajstić information content (AvgIpc) is 2.23. The first-order valence-corrected chi connectivity index (χ1v) is 6.77. The predicted octanol–water partition coefficient (Wildman–Crippen LogP) is 2.46. The Morgan fingerprint density at radius 2 is 1.73 bits per heavy atom. The van der Waals surface area contributed by atoms with Crippen molar-refractivity contribution < 1.29 is 5.11 Å². The van der Waals surface area contributed by atoms with Crippen LogP contribution in [0.4, 0.5) is 0 Å². The van der Waals surface area contributed by atoms with E-state index in [1.807, 2.05) is 0 Å². The normalized spacial score (nSPS) is 26.2. The summed E-state index contributed by atoms with van der Waals surface area (Å²) in [4.78, 5) is 0. The molecule has 2 aliphatic carbocycles. The van der Waals surface area contributed by atoms with Gasteiger partial charge in [-0.25, -0.2) is 0 Å². The molecule has 15 heavy (non-hydrogen) atoms. The Hall–Kier alpha value is -0.0800. The van der Waals surface area contributed by atoms with Gasteiger partial charge in [0.1, 0.15) is 0 Å². The molecule has 0 heterocycles. The van der Waals surface area contributed by atoms with Crippen molar-refractivity contribution >= 4 is 0 Å². The molecule has 0 aromatic rings. The first kappa shape index (κ1) is 11.4. The predicted molar refractivity (Wildman–Crippen MR) is 62.8 cm³/mol. The number of aliphatic hydroxyl groups is 1. The van der Waals surface area contributed by atoms with Crippen LogP contribution in [0.2, 0.25) is 0 Å². The molecule has 0 spiro atoms. The van der Waals surface area contributed by atoms with Crippen LogP contribution >= 0.6 is 0 Å². The Bertz CT molecular complexity index is 173. The van der Waals surface area contributed by atoms with E-state index in [4.69, 9.17) is 5.11 Å². The third kappa shape index (κ3) is 3.18. The number of aliphatic hydroxyl groups excluding tert-OH is 1. The molecule has 0 radical (unpaired) electrons. The first-order chi connectivity index (χ1) is 7.40. The molecule has 0 amide bonds. The van der Waals surface area contributed by atoms with Crippen molar-refractivity contribution in [3.8, 4) is 0 Å². The van der Waals surface area contributed by atoms with Gasteiger partial charge in [0.15, 0.2) is 0 Å². The second-order valence-corrected chi connectivity index (χ2v) is 5.31. The Kier molecular flexibility index (Phi) is 4.45. The van der Waals surface area contributed by atoms with E-state index in [1.54, 1.807) is 0 Å². The van der Waals surface area contributed by atoms with Gasteiger partial charge in [0.05, 0.1) is 0 Å². The SMILES string of the molecule is OCCC(NC1CCC1)C1CCCCC1. The van der Waals surface area contributed by atoms with E-state index >= 15 is 0 Å². The van der Waals surface area contributed by atoms with Gasteiger partial charge in [-0.05, 0) is 38.0 Å². The van der Waals surface area contributed by atoms with Crippen LogP contribution in [0, 0.1) is 5.92 Å². The van der Waals surface area contributed by atoms with Crippen molar-refractivity contribution in [2.24, 2.45) is 5.92 Å². The van der Waals surface area contributed by atoms with Crippen LogP contribution in [-0.4, -0.2) is 23.8 Å². The van der Waals surface area contributed by atoms with Gasteiger partial charge in [0, 0.05) is 18.7 Å². The maximum atomic E-state index is 9.13. The molecule has 0 saturated heterocycles. The Labute approximate surface area is 93.5 Å². The summed E-state index contributed by atoms with van der Waals surface area (Å²) in [7, 11) is 0. The third-order valence-electron chi connectivity index (χ3n) is 4.21. The van der Waals surface area contributed by atoms with E-state index in [1.165, 1.54) is 51.4 Å². The van der Waals surface area contributed by atoms with Crippen LogP contribution < -0.4 is 5.32 Å². The number of nitrogens with one attached hydrogen (secondary N) is 1. The number of hydrogen-bond donors (Lipinski definition) is 2. The maximum Gasteiger partial charge on any atom is 0.0445 e. The standard InChI is InChI=1S/C13H25NO/c15-10-9-13(14-12-7-4-8-12)11-5-2-1-3-6-11/h11-15H,1-10H2. The van der Waals surface area contributed by atoms with E-state index in [2.05, 4.69) is 5.32 Å². The van der Waals surface area contributed by atoms with Gasteiger partial charge in [-0.15, -0.1) is 0 Å². The summed E-state index contributed by atoms with van der Waals surface area (Å²) in [5.41, 5.74) is 0. The Balaban J connectivity index is 1.79. The van der Waals surface area contributed by atoms with Crippen molar-refractivity contribution in [2.75, 3.05) is 6.61 Å². The minimum atomic E-state index is 0.348. The average molecular weight is 211 g/mol. The molecular formula is C13H25NO. The highest BCUT2D eigenvalue weighted by atomic mass is 16.3. The van der Waals surface area contributed by atoms with E-state index in [9.17, 15) is 0 Å². The zero-order chi connectivity index (χ0) is 10.5. The van der Waals surface area contributed by atoms with E-state index in [0.29, 0.717) is 12.6 Å². The Morgan fingerprint density at radius 3 is 2.27 bits per heavy atom. The minimum absolute atomic E-state index is 0.348. The van der Waals surface area contributed by atoms with Gasteiger partial charge < -0.3 is 10.4 Å². The first-order valence-electron chi connectivity index (χ1n) is 6.77. The lowest BCUT2D eigenvalue weighted by atomic mass is 9.81. The molecular weight excluding hydrogens is 186 g/mol. The van der Waals surface area contributed by atoms with Crippen LogP contribution in [-0.2, 0) is 0 Å². The lowest BCUT2D eigenvalue weighted by Gasteiger charge is -2.37. The molecule has 88 valence electrons. The second kappa shape index (κ2) is 5.86. The Morgan fingerprint density at radius 1 is 1.00 bits per heavy atom. The van der Waals surface area contributed by atoms with E-state index in [-0.39, 0.29) is 0 Å². The molecule has 2 rings (SSSR count). The second-order valence-electron chi connectivity index (χ2n) is 5.31. The third-order valence-corrected chi connectivity index (χ3v) is 4.21. The highest BCUT2D eigenvalue weighted by molar-refractivity contribution is 4.85. The molecule has 2 N–H and O–H groups in total. The molecule has 2 heteroatoms. The monoisotopic (exact) mass is 211 g/mol.